The van der Waals surface area contributed by atoms with Crippen LogP contribution < -0.4 is 10.6 Å². The lowest BCUT2D eigenvalue weighted by Crippen LogP contribution is -2.42. The maximum Gasteiger partial charge on any atom is 0.309 e. The molecule has 0 radical (unpaired) electrons. The van der Waals surface area contributed by atoms with E-state index in [1.165, 1.54) is 36.6 Å². The summed E-state index contributed by atoms with van der Waals surface area (Å²) in [7, 11) is -3.88. The van der Waals surface area contributed by atoms with Crippen LogP contribution in [0.3, 0.4) is 0 Å². The van der Waals surface area contributed by atoms with Crippen molar-refractivity contribution in [2.75, 3.05) is 13.1 Å². The molecule has 1 atom stereocenters. The first-order valence-corrected chi connectivity index (χ1v) is 10.4. The fraction of sp³-hybridized carbons (Fsp3) is 0.333. The zero-order valence-electron chi connectivity index (χ0n) is 14.8. The van der Waals surface area contributed by atoms with Gasteiger partial charge in [0, 0.05) is 18.1 Å². The maximum absolute atomic E-state index is 13.0. The van der Waals surface area contributed by atoms with Crippen LogP contribution in [0.25, 0.3) is 0 Å². The third kappa shape index (κ3) is 5.58. The lowest BCUT2D eigenvalue weighted by atomic mass is 10.3. The van der Waals surface area contributed by atoms with E-state index in [0.29, 0.717) is 11.6 Å². The standard InChI is InChI=1S/C18H21ClN2O5S/c1-2-3-10-20-17(22)18(23)21-12-16(15-5-4-11-26-15)27(24,25)14-8-6-13(19)7-9-14/h4-9,11,16H,2-3,10,12H2,1H3,(H,20,22)(H,21,23)/t16-/m0/s1. The zero-order valence-corrected chi connectivity index (χ0v) is 16.3. The molecule has 27 heavy (non-hydrogen) atoms. The second-order valence-corrected chi connectivity index (χ2v) is 8.39. The van der Waals surface area contributed by atoms with Crippen LogP contribution in [0.15, 0.2) is 52.0 Å². The number of amides is 2. The fourth-order valence-electron chi connectivity index (χ4n) is 2.35. The van der Waals surface area contributed by atoms with Crippen molar-refractivity contribution in [3.05, 3.63) is 53.4 Å². The van der Waals surface area contributed by atoms with Gasteiger partial charge in [-0.25, -0.2) is 8.42 Å². The zero-order chi connectivity index (χ0) is 19.9. The van der Waals surface area contributed by atoms with E-state index in [1.54, 1.807) is 6.07 Å². The molecule has 146 valence electrons. The van der Waals surface area contributed by atoms with Crippen molar-refractivity contribution < 1.29 is 22.4 Å². The van der Waals surface area contributed by atoms with Crippen LogP contribution in [0.1, 0.15) is 30.8 Å². The highest BCUT2D eigenvalue weighted by Crippen LogP contribution is 2.29. The summed E-state index contributed by atoms with van der Waals surface area (Å²) in [5, 5.41) is 4.07. The number of unbranched alkanes of at least 4 members (excludes halogenated alkanes) is 1. The molecule has 2 amide bonds. The minimum Gasteiger partial charge on any atom is -0.468 e. The van der Waals surface area contributed by atoms with E-state index < -0.39 is 26.9 Å². The van der Waals surface area contributed by atoms with Crippen LogP contribution in [0.5, 0.6) is 0 Å². The smallest absolute Gasteiger partial charge is 0.309 e. The highest BCUT2D eigenvalue weighted by atomic mass is 35.5. The van der Waals surface area contributed by atoms with Gasteiger partial charge in [-0.3, -0.25) is 9.59 Å². The molecule has 1 aromatic carbocycles. The summed E-state index contributed by atoms with van der Waals surface area (Å²) >= 11 is 5.82. The van der Waals surface area contributed by atoms with E-state index in [9.17, 15) is 18.0 Å². The molecule has 0 spiro atoms. The van der Waals surface area contributed by atoms with Crippen LogP contribution in [0.2, 0.25) is 5.02 Å². The van der Waals surface area contributed by atoms with Gasteiger partial charge in [-0.05, 0) is 42.8 Å². The number of hydrogen-bond acceptors (Lipinski definition) is 5. The molecule has 2 N–H and O–H groups in total. The van der Waals surface area contributed by atoms with E-state index in [-0.39, 0.29) is 17.2 Å². The van der Waals surface area contributed by atoms with Gasteiger partial charge in [-0.1, -0.05) is 24.9 Å². The summed E-state index contributed by atoms with van der Waals surface area (Å²) in [5.41, 5.74) is 0. The summed E-state index contributed by atoms with van der Waals surface area (Å²) < 4.78 is 31.2. The van der Waals surface area contributed by atoms with Gasteiger partial charge in [0.15, 0.2) is 9.84 Å². The fourth-order valence-corrected chi connectivity index (χ4v) is 4.06. The van der Waals surface area contributed by atoms with Crippen LogP contribution in [-0.4, -0.2) is 33.3 Å². The molecule has 9 heteroatoms. The second-order valence-electron chi connectivity index (χ2n) is 5.82. The Bertz CT molecular complexity index is 864. The van der Waals surface area contributed by atoms with Gasteiger partial charge in [-0.15, -0.1) is 0 Å². The number of carbonyl (C=O) groups excluding carboxylic acids is 2. The Morgan fingerprint density at radius 1 is 1.11 bits per heavy atom. The second kappa shape index (κ2) is 9.57. The molecular formula is C18H21ClN2O5S. The van der Waals surface area contributed by atoms with Gasteiger partial charge >= 0.3 is 11.8 Å². The SMILES string of the molecule is CCCCNC(=O)C(=O)NC[C@@H](c1ccco1)S(=O)(=O)c1ccc(Cl)cc1. The van der Waals surface area contributed by atoms with E-state index in [2.05, 4.69) is 10.6 Å². The average molecular weight is 413 g/mol. The Kier molecular flexibility index (Phi) is 7.44. The predicted molar refractivity (Wildman–Crippen MR) is 101 cm³/mol. The van der Waals surface area contributed by atoms with Crippen LogP contribution in [-0.2, 0) is 19.4 Å². The lowest BCUT2D eigenvalue weighted by Gasteiger charge is -2.16. The number of sulfone groups is 1. The Labute approximate surface area is 163 Å². The molecule has 0 aliphatic heterocycles. The van der Waals surface area contributed by atoms with Crippen molar-refractivity contribution >= 4 is 33.3 Å². The molecule has 0 fully saturated rings. The number of furan rings is 1. The molecular weight excluding hydrogens is 392 g/mol. The maximum atomic E-state index is 13.0. The van der Waals surface area contributed by atoms with E-state index in [0.717, 1.165) is 12.8 Å². The molecule has 0 aliphatic rings. The minimum atomic E-state index is -3.88. The molecule has 0 unspecified atom stereocenters. The quantitative estimate of drug-likeness (QED) is 0.511. The number of rotatable bonds is 8. The molecule has 2 aromatic rings. The Balaban J connectivity index is 2.15. The largest absolute Gasteiger partial charge is 0.468 e. The van der Waals surface area contributed by atoms with Crippen molar-refractivity contribution in [3.63, 3.8) is 0 Å². The van der Waals surface area contributed by atoms with Gasteiger partial charge in [0.1, 0.15) is 11.0 Å². The minimum absolute atomic E-state index is 0.0370. The molecule has 0 bridgehead atoms. The first-order chi connectivity index (χ1) is 12.9. The van der Waals surface area contributed by atoms with Crippen molar-refractivity contribution in [2.45, 2.75) is 29.9 Å². The summed E-state index contributed by atoms with van der Waals surface area (Å²) in [5.74, 6) is -1.53. The lowest BCUT2D eigenvalue weighted by molar-refractivity contribution is -0.139. The van der Waals surface area contributed by atoms with Crippen molar-refractivity contribution in [1.29, 1.82) is 0 Å². The van der Waals surface area contributed by atoms with E-state index >= 15 is 0 Å². The van der Waals surface area contributed by atoms with E-state index in [4.69, 9.17) is 16.0 Å². The highest BCUT2D eigenvalue weighted by Gasteiger charge is 2.32. The van der Waals surface area contributed by atoms with Crippen molar-refractivity contribution in [3.8, 4) is 0 Å². The first kappa shape index (κ1) is 21.0. The monoisotopic (exact) mass is 412 g/mol. The number of nitrogens with one attached hydrogen (secondary N) is 2. The summed E-state index contributed by atoms with van der Waals surface area (Å²) in [6.07, 6.45) is 2.97. The number of benzene rings is 1. The summed E-state index contributed by atoms with van der Waals surface area (Å²) in [4.78, 5) is 23.8. The van der Waals surface area contributed by atoms with Crippen LogP contribution >= 0.6 is 11.6 Å². The first-order valence-electron chi connectivity index (χ1n) is 8.45. The normalized spacial score (nSPS) is 12.4. The van der Waals surface area contributed by atoms with Gasteiger partial charge in [0.2, 0.25) is 0 Å². The third-order valence-corrected chi connectivity index (χ3v) is 6.18. The molecule has 1 heterocycles. The van der Waals surface area contributed by atoms with Gasteiger partial charge in [0.05, 0.1) is 11.2 Å². The van der Waals surface area contributed by atoms with Crippen molar-refractivity contribution in [1.82, 2.24) is 10.6 Å². The summed E-state index contributed by atoms with van der Waals surface area (Å²) in [6, 6.07) is 8.76. The number of hydrogen-bond donors (Lipinski definition) is 2. The Hall–Kier alpha value is -2.32. The average Bonchev–Trinajstić information content (AvgIpc) is 3.16. The molecule has 0 saturated carbocycles. The predicted octanol–water partition coefficient (Wildman–Crippen LogP) is 2.48. The Morgan fingerprint density at radius 3 is 2.37 bits per heavy atom. The topological polar surface area (TPSA) is 105 Å². The van der Waals surface area contributed by atoms with Gasteiger partial charge < -0.3 is 15.1 Å². The molecule has 0 saturated heterocycles. The van der Waals surface area contributed by atoms with Gasteiger partial charge in [-0.2, -0.15) is 0 Å². The Morgan fingerprint density at radius 2 is 1.78 bits per heavy atom. The van der Waals surface area contributed by atoms with E-state index in [1.807, 2.05) is 6.92 Å². The molecule has 2 rings (SSSR count). The van der Waals surface area contributed by atoms with Crippen LogP contribution in [0, 0.1) is 0 Å². The molecule has 7 nitrogen and oxygen atoms in total. The molecule has 0 aliphatic carbocycles. The van der Waals surface area contributed by atoms with Crippen molar-refractivity contribution in [2.24, 2.45) is 0 Å². The highest BCUT2D eigenvalue weighted by molar-refractivity contribution is 7.91. The number of carbonyl (C=O) groups is 2. The van der Waals surface area contributed by atoms with Crippen LogP contribution in [0.4, 0.5) is 0 Å². The number of halogens is 1. The third-order valence-electron chi connectivity index (χ3n) is 3.85. The summed E-state index contributed by atoms with van der Waals surface area (Å²) in [6.45, 7) is 2.04. The van der Waals surface area contributed by atoms with Gasteiger partial charge in [0.25, 0.3) is 0 Å². The molecule has 1 aromatic heterocycles.